The third-order valence-electron chi connectivity index (χ3n) is 1.78. The van der Waals surface area contributed by atoms with Crippen molar-refractivity contribution in [3.63, 3.8) is 0 Å². The predicted octanol–water partition coefficient (Wildman–Crippen LogP) is 2.44. The maximum atomic E-state index is 13.0. The van der Waals surface area contributed by atoms with Crippen LogP contribution in [0.1, 0.15) is 11.1 Å². The van der Waals surface area contributed by atoms with Crippen LogP contribution in [-0.2, 0) is 6.42 Å². The van der Waals surface area contributed by atoms with E-state index in [0.29, 0.717) is 17.7 Å². The van der Waals surface area contributed by atoms with Crippen molar-refractivity contribution < 1.29 is 4.39 Å². The summed E-state index contributed by atoms with van der Waals surface area (Å²) in [5.74, 6) is -0.207. The number of nitrogens with two attached hydrogens (primary N) is 1. The SMILES string of the molecule is C=CCc1cc(F)c(C)cc1N. The molecule has 0 fully saturated rings. The number of hydrogen-bond donors (Lipinski definition) is 1. The van der Waals surface area contributed by atoms with Crippen molar-refractivity contribution in [2.75, 3.05) is 5.73 Å². The molecule has 0 unspecified atom stereocenters. The number of hydrogen-bond acceptors (Lipinski definition) is 1. The molecule has 0 aromatic heterocycles. The Bertz CT molecular complexity index is 305. The fraction of sp³-hybridized carbons (Fsp3) is 0.200. The van der Waals surface area contributed by atoms with Gasteiger partial charge in [0.1, 0.15) is 5.82 Å². The Balaban J connectivity index is 3.13. The maximum Gasteiger partial charge on any atom is 0.126 e. The molecular formula is C10H12FN. The Morgan fingerprint density at radius 2 is 2.25 bits per heavy atom. The van der Waals surface area contributed by atoms with Gasteiger partial charge in [-0.05, 0) is 36.6 Å². The lowest BCUT2D eigenvalue weighted by Crippen LogP contribution is -1.96. The molecule has 2 heteroatoms. The second-order valence-corrected chi connectivity index (χ2v) is 2.79. The van der Waals surface area contributed by atoms with E-state index in [2.05, 4.69) is 6.58 Å². The van der Waals surface area contributed by atoms with Gasteiger partial charge >= 0.3 is 0 Å². The summed E-state index contributed by atoms with van der Waals surface area (Å²) in [7, 11) is 0. The minimum Gasteiger partial charge on any atom is -0.398 e. The van der Waals surface area contributed by atoms with Crippen molar-refractivity contribution in [1.82, 2.24) is 0 Å². The van der Waals surface area contributed by atoms with Crippen LogP contribution in [0.25, 0.3) is 0 Å². The molecule has 1 aromatic carbocycles. The molecule has 12 heavy (non-hydrogen) atoms. The number of nitrogen functional groups attached to an aromatic ring is 1. The molecule has 0 radical (unpaired) electrons. The van der Waals surface area contributed by atoms with Crippen molar-refractivity contribution in [2.24, 2.45) is 0 Å². The first-order valence-corrected chi connectivity index (χ1v) is 3.80. The topological polar surface area (TPSA) is 26.0 Å². The van der Waals surface area contributed by atoms with Crippen LogP contribution in [-0.4, -0.2) is 0 Å². The van der Waals surface area contributed by atoms with Crippen LogP contribution in [0.15, 0.2) is 24.8 Å². The van der Waals surface area contributed by atoms with E-state index in [9.17, 15) is 4.39 Å². The molecule has 2 N–H and O–H groups in total. The number of allylic oxidation sites excluding steroid dienone is 1. The number of anilines is 1. The fourth-order valence-corrected chi connectivity index (χ4v) is 1.08. The second kappa shape index (κ2) is 3.39. The van der Waals surface area contributed by atoms with Crippen LogP contribution in [0, 0.1) is 12.7 Å². The molecule has 1 aromatic rings. The third-order valence-corrected chi connectivity index (χ3v) is 1.78. The lowest BCUT2D eigenvalue weighted by atomic mass is 10.1. The second-order valence-electron chi connectivity index (χ2n) is 2.79. The third kappa shape index (κ3) is 1.64. The molecule has 0 aliphatic heterocycles. The standard InChI is InChI=1S/C10H12FN/c1-3-4-8-6-9(11)7(2)5-10(8)12/h3,5-6H,1,4,12H2,2H3. The molecule has 1 nitrogen and oxygen atoms in total. The zero-order valence-corrected chi connectivity index (χ0v) is 7.10. The normalized spacial score (nSPS) is 9.83. The zero-order chi connectivity index (χ0) is 9.14. The van der Waals surface area contributed by atoms with Gasteiger partial charge in [-0.15, -0.1) is 6.58 Å². The molecule has 1 rings (SSSR count). The van der Waals surface area contributed by atoms with E-state index in [1.165, 1.54) is 6.07 Å². The molecule has 0 amide bonds. The summed E-state index contributed by atoms with van der Waals surface area (Å²) in [5, 5.41) is 0. The zero-order valence-electron chi connectivity index (χ0n) is 7.10. The van der Waals surface area contributed by atoms with Crippen LogP contribution in [0.5, 0.6) is 0 Å². The Hall–Kier alpha value is -1.31. The van der Waals surface area contributed by atoms with E-state index in [-0.39, 0.29) is 5.82 Å². The van der Waals surface area contributed by atoms with E-state index >= 15 is 0 Å². The van der Waals surface area contributed by atoms with E-state index < -0.39 is 0 Å². The summed E-state index contributed by atoms with van der Waals surface area (Å²) < 4.78 is 13.0. The van der Waals surface area contributed by atoms with Gasteiger partial charge in [0.2, 0.25) is 0 Å². The summed E-state index contributed by atoms with van der Waals surface area (Å²) >= 11 is 0. The number of rotatable bonds is 2. The fourth-order valence-electron chi connectivity index (χ4n) is 1.08. The van der Waals surface area contributed by atoms with Gasteiger partial charge in [0.15, 0.2) is 0 Å². The molecule has 64 valence electrons. The Morgan fingerprint density at radius 3 is 2.83 bits per heavy atom. The minimum absolute atomic E-state index is 0.207. The molecule has 0 aliphatic carbocycles. The predicted molar refractivity (Wildman–Crippen MR) is 49.5 cm³/mol. The summed E-state index contributed by atoms with van der Waals surface area (Å²) in [6, 6.07) is 3.11. The van der Waals surface area contributed by atoms with Gasteiger partial charge in [-0.1, -0.05) is 6.08 Å². The van der Waals surface area contributed by atoms with Crippen LogP contribution in [0.3, 0.4) is 0 Å². The maximum absolute atomic E-state index is 13.0. The van der Waals surface area contributed by atoms with Crippen molar-refractivity contribution in [3.05, 3.63) is 41.7 Å². The minimum atomic E-state index is -0.207. The molecule has 0 atom stereocenters. The average Bonchev–Trinajstić information content (AvgIpc) is 2.01. The number of halogens is 1. The number of benzene rings is 1. The van der Waals surface area contributed by atoms with Crippen LogP contribution >= 0.6 is 0 Å². The van der Waals surface area contributed by atoms with Gasteiger partial charge in [0.05, 0.1) is 0 Å². The van der Waals surface area contributed by atoms with E-state index in [4.69, 9.17) is 5.73 Å². The average molecular weight is 165 g/mol. The van der Waals surface area contributed by atoms with Crippen molar-refractivity contribution in [1.29, 1.82) is 0 Å². The highest BCUT2D eigenvalue weighted by Gasteiger charge is 2.02. The first kappa shape index (κ1) is 8.78. The summed E-state index contributed by atoms with van der Waals surface area (Å²) in [4.78, 5) is 0. The first-order valence-electron chi connectivity index (χ1n) is 3.80. The molecule has 0 spiro atoms. The van der Waals surface area contributed by atoms with Crippen molar-refractivity contribution >= 4 is 5.69 Å². The first-order chi connectivity index (χ1) is 5.65. The Labute approximate surface area is 71.7 Å². The summed E-state index contributed by atoms with van der Waals surface area (Å²) in [6.07, 6.45) is 2.32. The summed E-state index contributed by atoms with van der Waals surface area (Å²) in [6.45, 7) is 5.27. The smallest absolute Gasteiger partial charge is 0.126 e. The molecule has 0 saturated heterocycles. The van der Waals surface area contributed by atoms with Gasteiger partial charge in [0.25, 0.3) is 0 Å². The molecule has 0 saturated carbocycles. The molecule has 0 bridgehead atoms. The molecule has 0 aliphatic rings. The van der Waals surface area contributed by atoms with Crippen LogP contribution < -0.4 is 5.73 Å². The van der Waals surface area contributed by atoms with E-state index in [0.717, 1.165) is 5.56 Å². The quantitative estimate of drug-likeness (QED) is 0.528. The highest BCUT2D eigenvalue weighted by atomic mass is 19.1. The van der Waals surface area contributed by atoms with Gasteiger partial charge < -0.3 is 5.73 Å². The monoisotopic (exact) mass is 165 g/mol. The largest absolute Gasteiger partial charge is 0.398 e. The van der Waals surface area contributed by atoms with Crippen LogP contribution in [0.2, 0.25) is 0 Å². The number of aryl methyl sites for hydroxylation is 1. The highest BCUT2D eigenvalue weighted by Crippen LogP contribution is 2.17. The lowest BCUT2D eigenvalue weighted by molar-refractivity contribution is 0.617. The van der Waals surface area contributed by atoms with Crippen molar-refractivity contribution in [3.8, 4) is 0 Å². The van der Waals surface area contributed by atoms with Gasteiger partial charge in [-0.2, -0.15) is 0 Å². The van der Waals surface area contributed by atoms with Gasteiger partial charge in [0, 0.05) is 5.69 Å². The van der Waals surface area contributed by atoms with E-state index in [1.807, 2.05) is 0 Å². The lowest BCUT2D eigenvalue weighted by Gasteiger charge is -2.04. The Kier molecular flexibility index (Phi) is 2.48. The van der Waals surface area contributed by atoms with Crippen LogP contribution in [0.4, 0.5) is 10.1 Å². The molecular weight excluding hydrogens is 153 g/mol. The Morgan fingerprint density at radius 1 is 1.58 bits per heavy atom. The van der Waals surface area contributed by atoms with Gasteiger partial charge in [-0.3, -0.25) is 0 Å². The van der Waals surface area contributed by atoms with Gasteiger partial charge in [-0.25, -0.2) is 4.39 Å². The van der Waals surface area contributed by atoms with Crippen molar-refractivity contribution in [2.45, 2.75) is 13.3 Å². The highest BCUT2D eigenvalue weighted by molar-refractivity contribution is 5.50. The summed E-state index contributed by atoms with van der Waals surface area (Å²) in [5.41, 5.74) is 7.68. The molecule has 0 heterocycles. The van der Waals surface area contributed by atoms with E-state index in [1.54, 1.807) is 19.1 Å².